The molecule has 0 aliphatic carbocycles. The molecule has 8 nitrogen and oxygen atoms in total. The Morgan fingerprint density at radius 3 is 1.61 bits per heavy atom. The number of carbonyl (C=O) groups excluding carboxylic acids is 1. The standard InChI is InChI=1S/C47H85N2O6P/c1-6-8-10-12-14-16-18-19-20-21-22-23-24-25-26-27-28-29-31-33-35-37-39-41-47(51)48-45(44-55-56(52,53)54-43-42-49(3,4)5)46(50)40-38-36-34-32-30-17-15-13-11-9-7-2/h11,13,18-19,21-22,24-25,30,32,38,40,45-46,50H,6-10,12,14-17,20,23,26-29,31,33-37,39,41-44H2,1-5H3,(H-,48,51,52,53)/p+1/b13-11+,19-18-,22-21-,25-24-,32-30+,40-38+. The minimum atomic E-state index is -4.35. The van der Waals surface area contributed by atoms with Crippen LogP contribution < -0.4 is 5.32 Å². The average Bonchev–Trinajstić information content (AvgIpc) is 3.15. The Hall–Kier alpha value is -2.06. The number of aliphatic hydroxyl groups is 1. The van der Waals surface area contributed by atoms with E-state index in [0.29, 0.717) is 17.4 Å². The number of unbranched alkanes of at least 4 members (excludes halogenated alkanes) is 16. The predicted octanol–water partition coefficient (Wildman–Crippen LogP) is 12.4. The average molecular weight is 806 g/mol. The van der Waals surface area contributed by atoms with Gasteiger partial charge in [-0.2, -0.15) is 0 Å². The van der Waals surface area contributed by atoms with E-state index < -0.39 is 20.0 Å². The molecule has 9 heteroatoms. The molecule has 3 unspecified atom stereocenters. The molecule has 0 aliphatic rings. The van der Waals surface area contributed by atoms with Crippen molar-refractivity contribution >= 4 is 13.7 Å². The van der Waals surface area contributed by atoms with E-state index in [4.69, 9.17) is 9.05 Å². The smallest absolute Gasteiger partial charge is 0.387 e. The van der Waals surface area contributed by atoms with Gasteiger partial charge in [0, 0.05) is 6.42 Å². The molecule has 0 spiro atoms. The zero-order chi connectivity index (χ0) is 41.4. The number of amides is 1. The first kappa shape index (κ1) is 53.9. The molecule has 324 valence electrons. The molecule has 0 bridgehead atoms. The molecule has 0 fully saturated rings. The van der Waals surface area contributed by atoms with Crippen molar-refractivity contribution in [1.29, 1.82) is 0 Å². The van der Waals surface area contributed by atoms with Gasteiger partial charge >= 0.3 is 7.82 Å². The van der Waals surface area contributed by atoms with Gasteiger partial charge < -0.3 is 19.8 Å². The number of rotatable bonds is 39. The molecule has 0 aromatic carbocycles. The van der Waals surface area contributed by atoms with Crippen LogP contribution >= 0.6 is 7.82 Å². The van der Waals surface area contributed by atoms with Crippen molar-refractivity contribution in [3.05, 3.63) is 72.9 Å². The summed E-state index contributed by atoms with van der Waals surface area (Å²) in [5, 5.41) is 13.7. The normalized spacial score (nSPS) is 15.1. The summed E-state index contributed by atoms with van der Waals surface area (Å²) in [6.07, 6.45) is 51.2. The number of phosphoric ester groups is 1. The van der Waals surface area contributed by atoms with E-state index in [1.165, 1.54) is 77.0 Å². The third-order valence-corrected chi connectivity index (χ3v) is 10.3. The van der Waals surface area contributed by atoms with Crippen LogP contribution in [-0.2, 0) is 18.4 Å². The molecular formula is C47H86N2O6P+. The second kappa shape index (κ2) is 38.5. The number of nitrogens with one attached hydrogen (secondary N) is 1. The van der Waals surface area contributed by atoms with Gasteiger partial charge in [-0.3, -0.25) is 13.8 Å². The van der Waals surface area contributed by atoms with Gasteiger partial charge in [-0.1, -0.05) is 157 Å². The zero-order valence-corrected chi connectivity index (χ0v) is 37.5. The molecule has 0 aromatic heterocycles. The lowest BCUT2D eigenvalue weighted by atomic mass is 10.1. The van der Waals surface area contributed by atoms with Crippen molar-refractivity contribution in [1.82, 2.24) is 5.32 Å². The van der Waals surface area contributed by atoms with Crippen LogP contribution in [0.3, 0.4) is 0 Å². The number of phosphoric acid groups is 1. The Morgan fingerprint density at radius 1 is 0.607 bits per heavy atom. The van der Waals surface area contributed by atoms with Crippen LogP contribution in [0.15, 0.2) is 72.9 Å². The summed E-state index contributed by atoms with van der Waals surface area (Å²) in [7, 11) is 1.53. The van der Waals surface area contributed by atoms with Crippen molar-refractivity contribution < 1.29 is 32.9 Å². The summed E-state index contributed by atoms with van der Waals surface area (Å²) in [5.74, 6) is -0.204. The lowest BCUT2D eigenvalue weighted by molar-refractivity contribution is -0.870. The van der Waals surface area contributed by atoms with Crippen LogP contribution in [0.2, 0.25) is 0 Å². The van der Waals surface area contributed by atoms with Crippen LogP contribution in [0.5, 0.6) is 0 Å². The largest absolute Gasteiger partial charge is 0.472 e. The van der Waals surface area contributed by atoms with Crippen molar-refractivity contribution in [3.8, 4) is 0 Å². The van der Waals surface area contributed by atoms with Crippen LogP contribution in [0.25, 0.3) is 0 Å². The van der Waals surface area contributed by atoms with E-state index in [2.05, 4.69) is 79.9 Å². The lowest BCUT2D eigenvalue weighted by Gasteiger charge is -2.25. The third kappa shape index (κ3) is 40.1. The molecule has 1 amide bonds. The number of carbonyl (C=O) groups is 1. The highest BCUT2D eigenvalue weighted by atomic mass is 31.2. The Morgan fingerprint density at radius 2 is 1.07 bits per heavy atom. The Kier molecular flexibility index (Phi) is 37.0. The lowest BCUT2D eigenvalue weighted by Crippen LogP contribution is -2.45. The van der Waals surface area contributed by atoms with Crippen LogP contribution in [-0.4, -0.2) is 73.4 Å². The minimum absolute atomic E-state index is 0.0483. The highest BCUT2D eigenvalue weighted by Crippen LogP contribution is 2.43. The van der Waals surface area contributed by atoms with Gasteiger partial charge in [0.25, 0.3) is 0 Å². The summed E-state index contributed by atoms with van der Waals surface area (Å²) in [6, 6.07) is -0.875. The van der Waals surface area contributed by atoms with E-state index in [1.54, 1.807) is 6.08 Å². The maximum absolute atomic E-state index is 12.8. The summed E-state index contributed by atoms with van der Waals surface area (Å²) in [6.45, 7) is 4.67. The van der Waals surface area contributed by atoms with Crippen molar-refractivity contribution in [3.63, 3.8) is 0 Å². The quantitative estimate of drug-likeness (QED) is 0.0247. The first-order valence-corrected chi connectivity index (χ1v) is 23.8. The van der Waals surface area contributed by atoms with E-state index in [0.717, 1.165) is 70.6 Å². The van der Waals surface area contributed by atoms with Gasteiger partial charge in [-0.25, -0.2) is 4.57 Å². The molecule has 0 saturated carbocycles. The van der Waals surface area contributed by atoms with Crippen LogP contribution in [0, 0.1) is 0 Å². The molecule has 0 aromatic rings. The number of likely N-dealkylation sites (N-methyl/N-ethyl adjacent to an activating group) is 1. The van der Waals surface area contributed by atoms with E-state index >= 15 is 0 Å². The molecule has 0 rings (SSSR count). The maximum atomic E-state index is 12.8. The third-order valence-electron chi connectivity index (χ3n) is 9.36. The fourth-order valence-corrected chi connectivity index (χ4v) is 6.53. The fraction of sp³-hybridized carbons (Fsp3) is 0.723. The summed E-state index contributed by atoms with van der Waals surface area (Å²) >= 11 is 0. The summed E-state index contributed by atoms with van der Waals surface area (Å²) < 4.78 is 23.5. The maximum Gasteiger partial charge on any atom is 0.472 e. The summed E-state index contributed by atoms with van der Waals surface area (Å²) in [4.78, 5) is 23.1. The van der Waals surface area contributed by atoms with E-state index in [-0.39, 0.29) is 19.1 Å². The molecule has 0 aliphatic heterocycles. The van der Waals surface area contributed by atoms with Crippen LogP contribution in [0.4, 0.5) is 0 Å². The number of hydrogen-bond acceptors (Lipinski definition) is 5. The van der Waals surface area contributed by atoms with Gasteiger partial charge in [0.15, 0.2) is 0 Å². The number of hydrogen-bond donors (Lipinski definition) is 3. The Bertz CT molecular complexity index is 1140. The fourth-order valence-electron chi connectivity index (χ4n) is 5.79. The zero-order valence-electron chi connectivity index (χ0n) is 36.6. The first-order chi connectivity index (χ1) is 27.0. The highest BCUT2D eigenvalue weighted by Gasteiger charge is 2.27. The van der Waals surface area contributed by atoms with Crippen molar-refractivity contribution in [2.75, 3.05) is 40.9 Å². The first-order valence-electron chi connectivity index (χ1n) is 22.3. The van der Waals surface area contributed by atoms with Gasteiger partial charge in [0.1, 0.15) is 13.2 Å². The minimum Gasteiger partial charge on any atom is -0.387 e. The van der Waals surface area contributed by atoms with Gasteiger partial charge in [0.2, 0.25) is 5.91 Å². The number of allylic oxidation sites excluding steroid dienone is 11. The topological polar surface area (TPSA) is 105 Å². The van der Waals surface area contributed by atoms with E-state index in [1.807, 2.05) is 27.2 Å². The molecule has 3 atom stereocenters. The van der Waals surface area contributed by atoms with Crippen molar-refractivity contribution in [2.24, 2.45) is 0 Å². The second-order valence-electron chi connectivity index (χ2n) is 16.0. The van der Waals surface area contributed by atoms with Gasteiger partial charge in [-0.05, 0) is 77.0 Å². The molecule has 0 heterocycles. The van der Waals surface area contributed by atoms with Gasteiger partial charge in [-0.15, -0.1) is 0 Å². The molecular weight excluding hydrogens is 719 g/mol. The number of nitrogens with zero attached hydrogens (tertiary/aromatic N) is 1. The number of quaternary nitrogens is 1. The summed E-state index contributed by atoms with van der Waals surface area (Å²) in [5.41, 5.74) is 0. The van der Waals surface area contributed by atoms with E-state index in [9.17, 15) is 19.4 Å². The van der Waals surface area contributed by atoms with Gasteiger partial charge in [0.05, 0.1) is 39.9 Å². The highest BCUT2D eigenvalue weighted by molar-refractivity contribution is 7.47. The molecule has 56 heavy (non-hydrogen) atoms. The monoisotopic (exact) mass is 806 g/mol. The Balaban J connectivity index is 4.37. The van der Waals surface area contributed by atoms with Crippen molar-refractivity contribution in [2.45, 2.75) is 180 Å². The molecule has 0 saturated heterocycles. The predicted molar refractivity (Wildman–Crippen MR) is 240 cm³/mol. The molecule has 3 N–H and O–H groups in total. The van der Waals surface area contributed by atoms with Crippen LogP contribution in [0.1, 0.15) is 168 Å². The SMILES string of the molecule is CCC/C=C/CC/C=C/CC/C=C/C(O)C(COP(=O)(O)OCC[N+](C)(C)C)NC(=O)CCCCCCCCCC/C=C\C/C=C\C/C=C\CCCCCCC. The molecule has 0 radical (unpaired) electrons. The Labute approximate surface area is 344 Å². The second-order valence-corrected chi connectivity index (χ2v) is 17.5. The number of aliphatic hydroxyl groups excluding tert-OH is 1.